The molecule has 5 nitrogen and oxygen atoms in total. The summed E-state index contributed by atoms with van der Waals surface area (Å²) in [6, 6.07) is 12.6. The second kappa shape index (κ2) is 7.37. The van der Waals surface area contributed by atoms with Gasteiger partial charge in [-0.25, -0.2) is 9.78 Å². The Balaban J connectivity index is 2.07. The first-order valence-corrected chi connectivity index (χ1v) is 8.85. The smallest absolute Gasteiger partial charge is 0.321 e. The van der Waals surface area contributed by atoms with E-state index in [-0.39, 0.29) is 12.1 Å². The summed E-state index contributed by atoms with van der Waals surface area (Å²) in [4.78, 5) is 19.0. The predicted octanol–water partition coefficient (Wildman–Crippen LogP) is 3.35. The van der Waals surface area contributed by atoms with Crippen molar-refractivity contribution in [2.24, 2.45) is 0 Å². The quantitative estimate of drug-likeness (QED) is 0.934. The Morgan fingerprint density at radius 2 is 1.87 bits per heavy atom. The number of nitrogens with zero attached hydrogens (tertiary/aromatic N) is 2. The van der Waals surface area contributed by atoms with Crippen molar-refractivity contribution in [1.82, 2.24) is 9.88 Å². The van der Waals surface area contributed by atoms with E-state index < -0.39 is 10.8 Å². The van der Waals surface area contributed by atoms with Gasteiger partial charge in [-0.1, -0.05) is 18.2 Å². The van der Waals surface area contributed by atoms with E-state index in [0.29, 0.717) is 5.82 Å². The molecule has 0 fully saturated rings. The molecule has 0 spiro atoms. The zero-order valence-corrected chi connectivity index (χ0v) is 14.6. The van der Waals surface area contributed by atoms with Crippen molar-refractivity contribution in [3.05, 3.63) is 53.7 Å². The lowest BCUT2D eigenvalue weighted by Gasteiger charge is -2.25. The molecule has 23 heavy (non-hydrogen) atoms. The fourth-order valence-corrected chi connectivity index (χ4v) is 2.67. The summed E-state index contributed by atoms with van der Waals surface area (Å²) in [5.74, 6) is 0.533. The minimum absolute atomic E-state index is 0.112. The van der Waals surface area contributed by atoms with Gasteiger partial charge in [0.25, 0.3) is 0 Å². The molecule has 0 bridgehead atoms. The van der Waals surface area contributed by atoms with Gasteiger partial charge in [-0.15, -0.1) is 0 Å². The molecule has 2 atom stereocenters. The maximum atomic E-state index is 12.3. The number of hydrogen-bond donors (Lipinski definition) is 1. The SMILES string of the molecule is Cc1cccc(NC(=O)N(C)[C@H](C)c2ccc([S@@](C)=O)cc2)n1. The molecule has 6 heteroatoms. The second-order valence-corrected chi connectivity index (χ2v) is 6.78. The number of carbonyl (C=O) groups excluding carboxylic acids is 1. The molecule has 0 aliphatic carbocycles. The van der Waals surface area contributed by atoms with Crippen molar-refractivity contribution in [2.45, 2.75) is 24.8 Å². The third-order valence-electron chi connectivity index (χ3n) is 3.72. The van der Waals surface area contributed by atoms with Gasteiger partial charge in [0, 0.05) is 34.7 Å². The van der Waals surface area contributed by atoms with Gasteiger partial charge in [-0.2, -0.15) is 0 Å². The molecule has 1 aromatic carbocycles. The molecular weight excluding hydrogens is 310 g/mol. The van der Waals surface area contributed by atoms with E-state index in [1.54, 1.807) is 24.3 Å². The number of benzene rings is 1. The normalized spacial score (nSPS) is 13.2. The highest BCUT2D eigenvalue weighted by Gasteiger charge is 2.18. The fourth-order valence-electron chi connectivity index (χ4n) is 2.15. The summed E-state index contributed by atoms with van der Waals surface area (Å²) in [5, 5.41) is 2.79. The summed E-state index contributed by atoms with van der Waals surface area (Å²) < 4.78 is 11.4. The molecule has 0 unspecified atom stereocenters. The Labute approximate surface area is 139 Å². The van der Waals surface area contributed by atoms with Crippen LogP contribution in [0.3, 0.4) is 0 Å². The van der Waals surface area contributed by atoms with Crippen molar-refractivity contribution in [3.8, 4) is 0 Å². The number of hydrogen-bond acceptors (Lipinski definition) is 3. The Bertz CT molecular complexity index is 716. The van der Waals surface area contributed by atoms with E-state index >= 15 is 0 Å². The van der Waals surface area contributed by atoms with Crippen molar-refractivity contribution < 1.29 is 9.00 Å². The lowest BCUT2D eigenvalue weighted by Crippen LogP contribution is -2.33. The van der Waals surface area contributed by atoms with Crippen LogP contribution in [0.25, 0.3) is 0 Å². The number of rotatable bonds is 4. The molecule has 1 heterocycles. The average Bonchev–Trinajstić information content (AvgIpc) is 2.53. The number of amides is 2. The van der Waals surface area contributed by atoms with Crippen LogP contribution >= 0.6 is 0 Å². The third-order valence-corrected chi connectivity index (χ3v) is 4.66. The van der Waals surface area contributed by atoms with Crippen LogP contribution in [0, 0.1) is 6.92 Å². The number of urea groups is 1. The Kier molecular flexibility index (Phi) is 5.50. The van der Waals surface area contributed by atoms with E-state index in [1.165, 1.54) is 0 Å². The molecule has 2 aromatic rings. The van der Waals surface area contributed by atoms with Crippen molar-refractivity contribution in [3.63, 3.8) is 0 Å². The van der Waals surface area contributed by atoms with Gasteiger partial charge in [0.05, 0.1) is 6.04 Å². The number of carbonyl (C=O) groups is 1. The standard InChI is InChI=1S/C17H21N3O2S/c1-12-6-5-7-16(18-12)19-17(21)20(3)13(2)14-8-10-15(11-9-14)23(4)22/h5-11,13H,1-4H3,(H,18,19,21)/t13-,23-/m1/s1. The first-order valence-electron chi connectivity index (χ1n) is 7.29. The van der Waals surface area contributed by atoms with E-state index in [0.717, 1.165) is 16.2 Å². The van der Waals surface area contributed by atoms with Gasteiger partial charge in [0.1, 0.15) is 5.82 Å². The molecule has 2 amide bonds. The lowest BCUT2D eigenvalue weighted by molar-refractivity contribution is 0.208. The molecular formula is C17H21N3O2S. The van der Waals surface area contributed by atoms with Crippen LogP contribution in [0.15, 0.2) is 47.4 Å². The second-order valence-electron chi connectivity index (χ2n) is 5.40. The average molecular weight is 331 g/mol. The highest BCUT2D eigenvalue weighted by atomic mass is 32.2. The topological polar surface area (TPSA) is 62.3 Å². The van der Waals surface area contributed by atoms with Gasteiger partial charge >= 0.3 is 6.03 Å². The van der Waals surface area contributed by atoms with Gasteiger partial charge < -0.3 is 4.90 Å². The van der Waals surface area contributed by atoms with Crippen LogP contribution < -0.4 is 5.32 Å². The van der Waals surface area contributed by atoms with Crippen LogP contribution in [0.5, 0.6) is 0 Å². The molecule has 0 saturated carbocycles. The Morgan fingerprint density at radius 1 is 1.22 bits per heavy atom. The number of pyridine rings is 1. The minimum atomic E-state index is -1.000. The van der Waals surface area contributed by atoms with Gasteiger partial charge in [-0.05, 0) is 43.7 Å². The highest BCUT2D eigenvalue weighted by molar-refractivity contribution is 7.84. The van der Waals surface area contributed by atoms with Crippen LogP contribution in [0.4, 0.5) is 10.6 Å². The van der Waals surface area contributed by atoms with Crippen molar-refractivity contribution >= 4 is 22.6 Å². The maximum Gasteiger partial charge on any atom is 0.323 e. The lowest BCUT2D eigenvalue weighted by atomic mass is 10.1. The Hall–Kier alpha value is -2.21. The summed E-state index contributed by atoms with van der Waals surface area (Å²) in [6.07, 6.45) is 1.65. The molecule has 0 aliphatic heterocycles. The van der Waals surface area contributed by atoms with E-state index in [9.17, 15) is 9.00 Å². The number of aryl methyl sites for hydroxylation is 1. The maximum absolute atomic E-state index is 12.3. The van der Waals surface area contributed by atoms with E-state index in [1.807, 2.05) is 50.2 Å². The predicted molar refractivity (Wildman–Crippen MR) is 92.9 cm³/mol. The summed E-state index contributed by atoms with van der Waals surface area (Å²) in [6.45, 7) is 3.82. The summed E-state index contributed by atoms with van der Waals surface area (Å²) in [7, 11) is 0.738. The van der Waals surface area contributed by atoms with Crippen LogP contribution in [0.2, 0.25) is 0 Å². The molecule has 0 radical (unpaired) electrons. The zero-order chi connectivity index (χ0) is 17.0. The minimum Gasteiger partial charge on any atom is -0.321 e. The molecule has 2 rings (SSSR count). The molecule has 0 aliphatic rings. The van der Waals surface area contributed by atoms with Gasteiger partial charge in [-0.3, -0.25) is 9.53 Å². The summed E-state index contributed by atoms with van der Waals surface area (Å²) in [5.41, 5.74) is 1.83. The van der Waals surface area contributed by atoms with Gasteiger partial charge in [0.2, 0.25) is 0 Å². The first-order chi connectivity index (χ1) is 10.9. The third kappa shape index (κ3) is 4.39. The van der Waals surface area contributed by atoms with Crippen LogP contribution in [-0.4, -0.2) is 33.4 Å². The molecule has 0 saturated heterocycles. The van der Waals surface area contributed by atoms with Crippen molar-refractivity contribution in [1.29, 1.82) is 0 Å². The van der Waals surface area contributed by atoms with Crippen LogP contribution in [0.1, 0.15) is 24.2 Å². The molecule has 1 N–H and O–H groups in total. The molecule has 122 valence electrons. The van der Waals surface area contributed by atoms with E-state index in [2.05, 4.69) is 10.3 Å². The summed E-state index contributed by atoms with van der Waals surface area (Å²) >= 11 is 0. The molecule has 1 aromatic heterocycles. The zero-order valence-electron chi connectivity index (χ0n) is 13.7. The largest absolute Gasteiger partial charge is 0.323 e. The number of anilines is 1. The fraction of sp³-hybridized carbons (Fsp3) is 0.294. The van der Waals surface area contributed by atoms with E-state index in [4.69, 9.17) is 0 Å². The monoisotopic (exact) mass is 331 g/mol. The highest BCUT2D eigenvalue weighted by Crippen LogP contribution is 2.21. The first kappa shape index (κ1) is 17.1. The van der Waals surface area contributed by atoms with Crippen LogP contribution in [-0.2, 0) is 10.8 Å². The Morgan fingerprint density at radius 3 is 2.43 bits per heavy atom. The number of aromatic nitrogens is 1. The number of nitrogens with one attached hydrogen (secondary N) is 1. The van der Waals surface area contributed by atoms with Crippen molar-refractivity contribution in [2.75, 3.05) is 18.6 Å². The van der Waals surface area contributed by atoms with Gasteiger partial charge in [0.15, 0.2) is 0 Å².